The van der Waals surface area contributed by atoms with E-state index >= 15 is 0 Å². The Morgan fingerprint density at radius 1 is 1.28 bits per heavy atom. The van der Waals surface area contributed by atoms with Crippen molar-refractivity contribution in [1.82, 2.24) is 9.97 Å². The van der Waals surface area contributed by atoms with Gasteiger partial charge in [-0.3, -0.25) is 0 Å². The zero-order valence-electron chi connectivity index (χ0n) is 9.77. The number of benzene rings is 1. The van der Waals surface area contributed by atoms with Gasteiger partial charge < -0.3 is 10.6 Å². The number of aromatic nitrogens is 2. The first kappa shape index (κ1) is 13.1. The third-order valence-electron chi connectivity index (χ3n) is 2.38. The second kappa shape index (κ2) is 5.54. The van der Waals surface area contributed by atoms with Crippen LogP contribution >= 0.6 is 27.5 Å². The van der Waals surface area contributed by atoms with E-state index in [1.54, 1.807) is 6.07 Å². The number of hydrogen-bond acceptors (Lipinski definition) is 4. The normalized spacial score (nSPS) is 10.4. The van der Waals surface area contributed by atoms with E-state index in [1.165, 1.54) is 0 Å². The van der Waals surface area contributed by atoms with Crippen LogP contribution in [0.3, 0.4) is 0 Å². The van der Waals surface area contributed by atoms with Gasteiger partial charge in [0.15, 0.2) is 0 Å². The van der Waals surface area contributed by atoms with Crippen LogP contribution in [0.2, 0.25) is 5.02 Å². The Labute approximate surface area is 119 Å². The summed E-state index contributed by atoms with van der Waals surface area (Å²) in [6, 6.07) is 9.34. The lowest BCUT2D eigenvalue weighted by Crippen LogP contribution is -2.19. The predicted molar refractivity (Wildman–Crippen MR) is 77.7 cm³/mol. The zero-order chi connectivity index (χ0) is 13.1. The highest BCUT2D eigenvalue weighted by molar-refractivity contribution is 9.10. The van der Waals surface area contributed by atoms with Crippen LogP contribution in [0.5, 0.6) is 0 Å². The Bertz CT molecular complexity index is 524. The van der Waals surface area contributed by atoms with Gasteiger partial charge in [0.1, 0.15) is 10.4 Å². The van der Waals surface area contributed by atoms with Crippen LogP contribution in [0, 0.1) is 0 Å². The van der Waals surface area contributed by atoms with Gasteiger partial charge in [0, 0.05) is 24.7 Å². The lowest BCUT2D eigenvalue weighted by atomic mass is 10.2. The van der Waals surface area contributed by atoms with Crippen LogP contribution < -0.4 is 10.6 Å². The Kier molecular flexibility index (Phi) is 4.04. The van der Waals surface area contributed by atoms with E-state index in [4.69, 9.17) is 17.3 Å². The van der Waals surface area contributed by atoms with Gasteiger partial charge in [-0.25, -0.2) is 4.98 Å². The Hall–Kier alpha value is -1.33. The Morgan fingerprint density at radius 3 is 2.56 bits per heavy atom. The fraction of sp³-hybridized carbons (Fsp3) is 0.167. The average Bonchev–Trinajstić information content (AvgIpc) is 2.31. The third kappa shape index (κ3) is 3.34. The predicted octanol–water partition coefficient (Wildman–Crippen LogP) is 3.11. The molecule has 6 heteroatoms. The van der Waals surface area contributed by atoms with Gasteiger partial charge in [-0.15, -0.1) is 0 Å². The van der Waals surface area contributed by atoms with Gasteiger partial charge in [0.05, 0.1) is 0 Å². The average molecular weight is 328 g/mol. The molecule has 0 aliphatic heterocycles. The maximum Gasteiger partial charge on any atom is 0.228 e. The van der Waals surface area contributed by atoms with Crippen LogP contribution in [0.1, 0.15) is 5.56 Å². The monoisotopic (exact) mass is 326 g/mol. The van der Waals surface area contributed by atoms with Crippen molar-refractivity contribution in [1.29, 1.82) is 0 Å². The van der Waals surface area contributed by atoms with Gasteiger partial charge in [-0.05, 0) is 33.6 Å². The molecule has 0 saturated carbocycles. The molecule has 18 heavy (non-hydrogen) atoms. The molecule has 0 aliphatic rings. The lowest BCUT2D eigenvalue weighted by molar-refractivity contribution is 0.865. The molecule has 4 nitrogen and oxygen atoms in total. The van der Waals surface area contributed by atoms with E-state index in [0.717, 1.165) is 10.6 Å². The van der Waals surface area contributed by atoms with Crippen LogP contribution in [-0.2, 0) is 6.54 Å². The standard InChI is InChI=1S/C12H12BrClN4/c1-18(7-8-2-4-9(14)5-3-8)12-16-10(13)6-11(15)17-12/h2-6H,7H2,1H3,(H2,15,16,17). The quantitative estimate of drug-likeness (QED) is 0.880. The van der Waals surface area contributed by atoms with Gasteiger partial charge in [0.2, 0.25) is 5.95 Å². The molecule has 94 valence electrons. The molecule has 1 heterocycles. The first-order chi connectivity index (χ1) is 8.54. The summed E-state index contributed by atoms with van der Waals surface area (Å²) >= 11 is 9.15. The van der Waals surface area contributed by atoms with Crippen LogP contribution in [0.15, 0.2) is 34.9 Å². The maximum absolute atomic E-state index is 5.85. The fourth-order valence-corrected chi connectivity index (χ4v) is 2.05. The molecule has 2 rings (SSSR count). The molecule has 0 bridgehead atoms. The van der Waals surface area contributed by atoms with Crippen molar-refractivity contribution < 1.29 is 0 Å². The van der Waals surface area contributed by atoms with E-state index < -0.39 is 0 Å². The van der Waals surface area contributed by atoms with E-state index in [-0.39, 0.29) is 0 Å². The molecule has 0 aliphatic carbocycles. The SMILES string of the molecule is CN(Cc1ccc(Cl)cc1)c1nc(N)cc(Br)n1. The summed E-state index contributed by atoms with van der Waals surface area (Å²) in [7, 11) is 1.91. The van der Waals surface area contributed by atoms with Crippen molar-refractivity contribution >= 4 is 39.3 Å². The zero-order valence-corrected chi connectivity index (χ0v) is 12.1. The summed E-state index contributed by atoms with van der Waals surface area (Å²) in [6.45, 7) is 0.688. The smallest absolute Gasteiger partial charge is 0.228 e. The summed E-state index contributed by atoms with van der Waals surface area (Å²) < 4.78 is 0.674. The Morgan fingerprint density at radius 2 is 1.94 bits per heavy atom. The van der Waals surface area contributed by atoms with Crippen molar-refractivity contribution in [2.75, 3.05) is 17.7 Å². The molecule has 0 fully saturated rings. The second-order valence-electron chi connectivity index (χ2n) is 3.90. The summed E-state index contributed by atoms with van der Waals surface area (Å²) in [5.41, 5.74) is 6.81. The van der Waals surface area contributed by atoms with Crippen molar-refractivity contribution in [3.05, 3.63) is 45.5 Å². The third-order valence-corrected chi connectivity index (χ3v) is 3.04. The first-order valence-corrected chi connectivity index (χ1v) is 6.47. The molecule has 0 amide bonds. The van der Waals surface area contributed by atoms with Crippen LogP contribution in [0.4, 0.5) is 11.8 Å². The van der Waals surface area contributed by atoms with Gasteiger partial charge in [0.25, 0.3) is 0 Å². The largest absolute Gasteiger partial charge is 0.383 e. The minimum Gasteiger partial charge on any atom is -0.383 e. The number of nitrogens with two attached hydrogens (primary N) is 1. The molecule has 0 unspecified atom stereocenters. The highest BCUT2D eigenvalue weighted by Gasteiger charge is 2.07. The second-order valence-corrected chi connectivity index (χ2v) is 5.15. The minimum atomic E-state index is 0.440. The Balaban J connectivity index is 2.16. The summed E-state index contributed by atoms with van der Waals surface area (Å²) in [6.07, 6.45) is 0. The number of anilines is 2. The number of nitrogens with zero attached hydrogens (tertiary/aromatic N) is 3. The number of nitrogen functional groups attached to an aromatic ring is 1. The molecule has 2 aromatic rings. The van der Waals surface area contributed by atoms with Gasteiger partial charge in [-0.1, -0.05) is 23.7 Å². The van der Waals surface area contributed by atoms with E-state index in [0.29, 0.717) is 22.9 Å². The number of rotatable bonds is 3. The number of halogens is 2. The number of hydrogen-bond donors (Lipinski definition) is 1. The van der Waals surface area contributed by atoms with Gasteiger partial charge >= 0.3 is 0 Å². The summed E-state index contributed by atoms with van der Waals surface area (Å²) in [5.74, 6) is 1.02. The van der Waals surface area contributed by atoms with E-state index in [2.05, 4.69) is 25.9 Å². The summed E-state index contributed by atoms with van der Waals surface area (Å²) in [4.78, 5) is 10.4. The highest BCUT2D eigenvalue weighted by atomic mass is 79.9. The topological polar surface area (TPSA) is 55.0 Å². The molecular weight excluding hydrogens is 316 g/mol. The van der Waals surface area contributed by atoms with E-state index in [1.807, 2.05) is 36.2 Å². The fourth-order valence-electron chi connectivity index (χ4n) is 1.53. The molecule has 1 aromatic heterocycles. The molecule has 2 N–H and O–H groups in total. The van der Waals surface area contributed by atoms with Crippen molar-refractivity contribution in [3.8, 4) is 0 Å². The molecule has 1 aromatic carbocycles. The lowest BCUT2D eigenvalue weighted by Gasteiger charge is -2.17. The molecule has 0 radical (unpaired) electrons. The van der Waals surface area contributed by atoms with E-state index in [9.17, 15) is 0 Å². The molecule has 0 atom stereocenters. The highest BCUT2D eigenvalue weighted by Crippen LogP contribution is 2.17. The maximum atomic E-state index is 5.85. The van der Waals surface area contributed by atoms with Crippen molar-refractivity contribution in [2.24, 2.45) is 0 Å². The van der Waals surface area contributed by atoms with Crippen molar-refractivity contribution in [3.63, 3.8) is 0 Å². The molecule has 0 spiro atoms. The molecular formula is C12H12BrClN4. The summed E-state index contributed by atoms with van der Waals surface area (Å²) in [5, 5.41) is 0.726. The minimum absolute atomic E-state index is 0.440. The molecule has 0 saturated heterocycles. The first-order valence-electron chi connectivity index (χ1n) is 5.30. The van der Waals surface area contributed by atoms with Crippen LogP contribution in [0.25, 0.3) is 0 Å². The van der Waals surface area contributed by atoms with Gasteiger partial charge in [-0.2, -0.15) is 4.98 Å². The van der Waals surface area contributed by atoms with Crippen LogP contribution in [-0.4, -0.2) is 17.0 Å². The van der Waals surface area contributed by atoms with Crippen molar-refractivity contribution in [2.45, 2.75) is 6.54 Å².